The van der Waals surface area contributed by atoms with E-state index in [2.05, 4.69) is 159 Å². The highest BCUT2D eigenvalue weighted by molar-refractivity contribution is 6.13. The van der Waals surface area contributed by atoms with Crippen molar-refractivity contribution in [2.24, 2.45) is 15.0 Å². The molecule has 6 rings (SSSR count). The molecule has 0 saturated carbocycles. The van der Waals surface area contributed by atoms with Gasteiger partial charge in [0, 0.05) is 11.1 Å². The van der Waals surface area contributed by atoms with Gasteiger partial charge in [0.25, 0.3) is 0 Å². The van der Waals surface area contributed by atoms with E-state index in [4.69, 9.17) is 9.98 Å². The van der Waals surface area contributed by atoms with Crippen molar-refractivity contribution in [1.82, 2.24) is 5.32 Å². The molecule has 0 atom stereocenters. The molecule has 0 aromatic heterocycles. The van der Waals surface area contributed by atoms with Gasteiger partial charge in [-0.15, -0.1) is 0 Å². The quantitative estimate of drug-likeness (QED) is 0.128. The normalized spacial score (nSPS) is 10.2. The molecule has 0 bridgehead atoms. The van der Waals surface area contributed by atoms with E-state index in [1.807, 2.05) is 92.0 Å². The Morgan fingerprint density at radius 1 is 0.482 bits per heavy atom. The molecule has 4 nitrogen and oxygen atoms in total. The number of rotatable bonds is 7. The van der Waals surface area contributed by atoms with Crippen molar-refractivity contribution < 1.29 is 0 Å². The fraction of sp³-hybridized carbons (Fsp3) is 0.250. The summed E-state index contributed by atoms with van der Waals surface area (Å²) >= 11 is 0. The Labute approximate surface area is 340 Å². The molecule has 294 valence electrons. The van der Waals surface area contributed by atoms with Gasteiger partial charge in [-0.2, -0.15) is 0 Å². The minimum absolute atomic E-state index is 0.510. The van der Waals surface area contributed by atoms with Crippen molar-refractivity contribution in [3.63, 3.8) is 0 Å². The number of hydrogen-bond acceptors (Lipinski definition) is 2. The lowest BCUT2D eigenvalue weighted by atomic mass is 9.97. The first-order valence-electron chi connectivity index (χ1n) is 20.2. The Kier molecular flexibility index (Phi) is 25.6. The van der Waals surface area contributed by atoms with Crippen molar-refractivity contribution in [3.05, 3.63) is 180 Å². The van der Waals surface area contributed by atoms with Crippen LogP contribution in [-0.2, 0) is 6.54 Å². The minimum Gasteiger partial charge on any atom is -0.323 e. The summed E-state index contributed by atoms with van der Waals surface area (Å²) < 4.78 is 0. The van der Waals surface area contributed by atoms with Crippen LogP contribution in [0.1, 0.15) is 84.1 Å². The summed E-state index contributed by atoms with van der Waals surface area (Å²) in [6, 6.07) is 54.4. The molecule has 0 amide bonds. The van der Waals surface area contributed by atoms with E-state index in [0.717, 1.165) is 33.4 Å². The predicted molar refractivity (Wildman–Crippen MR) is 252 cm³/mol. The van der Waals surface area contributed by atoms with Crippen LogP contribution < -0.4 is 5.32 Å². The lowest BCUT2D eigenvalue weighted by Gasteiger charge is -2.10. The molecule has 6 aromatic carbocycles. The third-order valence-electron chi connectivity index (χ3n) is 7.53. The highest BCUT2D eigenvalue weighted by atomic mass is 15.0. The van der Waals surface area contributed by atoms with E-state index < -0.39 is 0 Å². The van der Waals surface area contributed by atoms with Crippen LogP contribution in [0.5, 0.6) is 0 Å². The molecule has 0 unspecified atom stereocenters. The van der Waals surface area contributed by atoms with Gasteiger partial charge < -0.3 is 5.32 Å². The minimum atomic E-state index is 0.510. The van der Waals surface area contributed by atoms with E-state index in [1.54, 1.807) is 0 Å². The second-order valence-corrected chi connectivity index (χ2v) is 11.9. The van der Waals surface area contributed by atoms with Gasteiger partial charge in [0.1, 0.15) is 0 Å². The van der Waals surface area contributed by atoms with Gasteiger partial charge in [-0.3, -0.25) is 4.99 Å². The van der Waals surface area contributed by atoms with E-state index in [-0.39, 0.29) is 0 Å². The SMILES string of the molecule is C=NC(=NC(=NCc1ccccc1)c1ccc(-c2ccccc2)cc1)c1cccc(-c2cccc(-c3cccc(C)c3)c2)c1.CC.CC.CC.CCC.CNC. The Morgan fingerprint density at radius 3 is 1.43 bits per heavy atom. The molecule has 0 aliphatic carbocycles. The van der Waals surface area contributed by atoms with Gasteiger partial charge in [-0.1, -0.05) is 213 Å². The lowest BCUT2D eigenvalue weighted by Crippen LogP contribution is -2.06. The maximum absolute atomic E-state index is 5.00. The molecule has 0 aliphatic rings. The topological polar surface area (TPSA) is 49.1 Å². The Bertz CT molecular complexity index is 1970. The fourth-order valence-corrected chi connectivity index (χ4v) is 5.22. The van der Waals surface area contributed by atoms with Crippen molar-refractivity contribution in [2.45, 2.75) is 75.3 Å². The van der Waals surface area contributed by atoms with Crippen LogP contribution in [0.4, 0.5) is 0 Å². The van der Waals surface area contributed by atoms with Crippen LogP contribution in [0.15, 0.2) is 173 Å². The van der Waals surface area contributed by atoms with Gasteiger partial charge in [-0.25, -0.2) is 9.98 Å². The van der Waals surface area contributed by atoms with Gasteiger partial charge >= 0.3 is 0 Å². The van der Waals surface area contributed by atoms with Crippen LogP contribution in [-0.4, -0.2) is 32.5 Å². The molecule has 56 heavy (non-hydrogen) atoms. The molecule has 4 heteroatoms. The largest absolute Gasteiger partial charge is 0.323 e. The second-order valence-electron chi connectivity index (χ2n) is 11.9. The molecule has 0 spiro atoms. The maximum Gasteiger partial charge on any atom is 0.161 e. The average Bonchev–Trinajstić information content (AvgIpc) is 3.27. The monoisotopic (exact) mass is 747 g/mol. The number of nitrogens with one attached hydrogen (secondary N) is 1. The molecule has 6 aromatic rings. The summed E-state index contributed by atoms with van der Waals surface area (Å²) in [6.45, 7) is 22.8. The van der Waals surface area contributed by atoms with Crippen molar-refractivity contribution in [3.8, 4) is 33.4 Å². The van der Waals surface area contributed by atoms with Crippen molar-refractivity contribution in [2.75, 3.05) is 14.1 Å². The zero-order valence-corrected chi connectivity index (χ0v) is 36.0. The molecule has 0 fully saturated rings. The summed E-state index contributed by atoms with van der Waals surface area (Å²) in [5, 5.41) is 2.75. The van der Waals surface area contributed by atoms with Gasteiger partial charge in [0.05, 0.1) is 6.54 Å². The van der Waals surface area contributed by atoms with E-state index in [1.165, 1.54) is 28.7 Å². The number of aliphatic imine (C=N–C) groups is 3. The van der Waals surface area contributed by atoms with Gasteiger partial charge in [0.15, 0.2) is 11.7 Å². The Morgan fingerprint density at radius 2 is 0.911 bits per heavy atom. The molecule has 0 heterocycles. The Hall–Kier alpha value is -5.71. The van der Waals surface area contributed by atoms with E-state index >= 15 is 0 Å². The predicted octanol–water partition coefficient (Wildman–Crippen LogP) is 14.4. The summed E-state index contributed by atoms with van der Waals surface area (Å²) in [5.74, 6) is 1.14. The summed E-state index contributed by atoms with van der Waals surface area (Å²) in [7, 11) is 3.75. The first-order chi connectivity index (χ1) is 27.5. The van der Waals surface area contributed by atoms with Crippen molar-refractivity contribution in [1.29, 1.82) is 0 Å². The molecular formula is C52H66N4. The zero-order chi connectivity index (χ0) is 41.6. The standard InChI is InChI=1S/C41H33N3.C3H8.C2H7N.3C2H6/c1-30-12-9-17-35(26-30)36-18-10-19-37(27-36)38-20-11-21-39(28-38)40(42-2)44-41(43-29-31-13-5-3-6-14-31)34-24-22-33(23-25-34)32-15-7-4-8-16-32;2*1-3-2;3*1-2/h3-28H,2,29H2,1H3;3H2,1-2H3;3H,1-2H3;3*1-2H3. The third kappa shape index (κ3) is 16.3. The van der Waals surface area contributed by atoms with Gasteiger partial charge in [-0.05, 0) is 78.8 Å². The highest BCUT2D eigenvalue weighted by Gasteiger charge is 2.10. The maximum atomic E-state index is 5.00. The number of nitrogens with zero attached hydrogens (tertiary/aromatic N) is 3. The van der Waals surface area contributed by atoms with Crippen LogP contribution in [0.3, 0.4) is 0 Å². The first-order valence-corrected chi connectivity index (χ1v) is 20.2. The number of aryl methyl sites for hydroxylation is 1. The van der Waals surface area contributed by atoms with Crippen LogP contribution in [0.2, 0.25) is 0 Å². The smallest absolute Gasteiger partial charge is 0.161 e. The summed E-state index contributed by atoms with van der Waals surface area (Å²) in [4.78, 5) is 14.3. The molecular weight excluding hydrogens is 681 g/mol. The number of hydrogen-bond donors (Lipinski definition) is 1. The van der Waals surface area contributed by atoms with Crippen LogP contribution in [0, 0.1) is 6.92 Å². The fourth-order valence-electron chi connectivity index (χ4n) is 5.22. The molecule has 0 saturated heterocycles. The molecule has 0 aliphatic heterocycles. The van der Waals surface area contributed by atoms with Crippen molar-refractivity contribution >= 4 is 18.4 Å². The van der Waals surface area contributed by atoms with Crippen LogP contribution >= 0.6 is 0 Å². The van der Waals surface area contributed by atoms with E-state index in [9.17, 15) is 0 Å². The number of amidine groups is 2. The second kappa shape index (κ2) is 29.6. The first kappa shape index (κ1) is 48.3. The van der Waals surface area contributed by atoms with Gasteiger partial charge in [0.2, 0.25) is 0 Å². The Balaban J connectivity index is 0.00000118. The average molecular weight is 747 g/mol. The lowest BCUT2D eigenvalue weighted by molar-refractivity contribution is 1.02. The molecule has 0 radical (unpaired) electrons. The summed E-state index contributed by atoms with van der Waals surface area (Å²) in [6.07, 6.45) is 1.25. The summed E-state index contributed by atoms with van der Waals surface area (Å²) in [5.41, 5.74) is 11.1. The van der Waals surface area contributed by atoms with Crippen LogP contribution in [0.25, 0.3) is 33.4 Å². The highest BCUT2D eigenvalue weighted by Crippen LogP contribution is 2.28. The number of benzene rings is 6. The molecule has 1 N–H and O–H groups in total. The van der Waals surface area contributed by atoms with E-state index in [0.29, 0.717) is 18.2 Å². The zero-order valence-electron chi connectivity index (χ0n) is 36.0. The third-order valence-corrected chi connectivity index (χ3v) is 7.53.